The second kappa shape index (κ2) is 7.04. The SMILES string of the molecule is O=c1ccc(-c2csc(S(=O)(=O)NCc3ccc(F)cc3Cl)c2)n[nH]1. The quantitative estimate of drug-likeness (QED) is 0.690. The molecule has 0 unspecified atom stereocenters. The largest absolute Gasteiger partial charge is 0.268 e. The van der Waals surface area contributed by atoms with E-state index in [0.29, 0.717) is 16.8 Å². The molecule has 0 aliphatic heterocycles. The Labute approximate surface area is 151 Å². The lowest BCUT2D eigenvalue weighted by atomic mass is 10.2. The Morgan fingerprint density at radius 3 is 2.72 bits per heavy atom. The summed E-state index contributed by atoms with van der Waals surface area (Å²) in [7, 11) is -3.76. The Balaban J connectivity index is 1.78. The third-order valence-electron chi connectivity index (χ3n) is 3.28. The summed E-state index contributed by atoms with van der Waals surface area (Å²) in [5.41, 5.74) is 1.15. The normalized spacial score (nSPS) is 11.6. The van der Waals surface area contributed by atoms with Crippen molar-refractivity contribution in [3.63, 3.8) is 0 Å². The minimum atomic E-state index is -3.76. The first-order chi connectivity index (χ1) is 11.8. The highest BCUT2D eigenvalue weighted by molar-refractivity contribution is 7.91. The zero-order chi connectivity index (χ0) is 18.0. The lowest BCUT2D eigenvalue weighted by Gasteiger charge is -2.06. The average Bonchev–Trinajstić information content (AvgIpc) is 3.05. The van der Waals surface area contributed by atoms with E-state index in [0.717, 1.165) is 17.4 Å². The van der Waals surface area contributed by atoms with Crippen molar-refractivity contribution in [1.29, 1.82) is 0 Å². The zero-order valence-electron chi connectivity index (χ0n) is 12.5. The van der Waals surface area contributed by atoms with Crippen LogP contribution in [0, 0.1) is 5.82 Å². The van der Waals surface area contributed by atoms with E-state index < -0.39 is 15.8 Å². The van der Waals surface area contributed by atoms with Gasteiger partial charge in [0, 0.05) is 28.6 Å². The summed E-state index contributed by atoms with van der Waals surface area (Å²) in [5.74, 6) is -0.493. The molecule has 0 atom stereocenters. The number of nitrogens with zero attached hydrogens (tertiary/aromatic N) is 1. The summed E-state index contributed by atoms with van der Waals surface area (Å²) >= 11 is 6.91. The molecule has 2 aromatic heterocycles. The van der Waals surface area contributed by atoms with Crippen LogP contribution in [0.25, 0.3) is 11.3 Å². The van der Waals surface area contributed by atoms with E-state index in [1.807, 2.05) is 0 Å². The Bertz CT molecular complexity index is 1060. The molecule has 0 spiro atoms. The second-order valence-corrected chi connectivity index (χ2v) is 8.33. The van der Waals surface area contributed by atoms with E-state index in [1.54, 1.807) is 5.38 Å². The molecule has 3 aromatic rings. The van der Waals surface area contributed by atoms with Crippen LogP contribution in [0.1, 0.15) is 5.56 Å². The molecule has 25 heavy (non-hydrogen) atoms. The molecule has 2 heterocycles. The van der Waals surface area contributed by atoms with Gasteiger partial charge in [-0.2, -0.15) is 5.10 Å². The molecule has 2 N–H and O–H groups in total. The molecule has 0 aliphatic carbocycles. The van der Waals surface area contributed by atoms with Crippen LogP contribution in [0.5, 0.6) is 0 Å². The maximum atomic E-state index is 13.0. The van der Waals surface area contributed by atoms with Gasteiger partial charge in [-0.25, -0.2) is 22.6 Å². The number of nitrogens with one attached hydrogen (secondary N) is 2. The molecule has 0 bridgehead atoms. The summed E-state index contributed by atoms with van der Waals surface area (Å²) in [6.07, 6.45) is 0. The van der Waals surface area contributed by atoms with E-state index in [-0.39, 0.29) is 21.3 Å². The van der Waals surface area contributed by atoms with Gasteiger partial charge in [-0.05, 0) is 29.8 Å². The maximum Gasteiger partial charge on any atom is 0.264 e. The molecule has 6 nitrogen and oxygen atoms in total. The molecular weight excluding hydrogens is 389 g/mol. The molecule has 0 aliphatic rings. The monoisotopic (exact) mass is 399 g/mol. The molecule has 1 aromatic carbocycles. The van der Waals surface area contributed by atoms with Crippen LogP contribution in [0.2, 0.25) is 5.02 Å². The first-order valence-electron chi connectivity index (χ1n) is 6.93. The van der Waals surface area contributed by atoms with Crippen molar-refractivity contribution >= 4 is 33.0 Å². The molecule has 0 amide bonds. The van der Waals surface area contributed by atoms with Gasteiger partial charge >= 0.3 is 0 Å². The van der Waals surface area contributed by atoms with Gasteiger partial charge in [-0.15, -0.1) is 11.3 Å². The predicted molar refractivity (Wildman–Crippen MR) is 93.6 cm³/mol. The summed E-state index contributed by atoms with van der Waals surface area (Å²) in [4.78, 5) is 11.0. The minimum Gasteiger partial charge on any atom is -0.268 e. The number of thiophene rings is 1. The van der Waals surface area contributed by atoms with Crippen LogP contribution in [0.3, 0.4) is 0 Å². The molecule has 10 heteroatoms. The first-order valence-corrected chi connectivity index (χ1v) is 9.67. The van der Waals surface area contributed by atoms with Crippen molar-refractivity contribution < 1.29 is 12.8 Å². The highest BCUT2D eigenvalue weighted by Gasteiger charge is 2.18. The van der Waals surface area contributed by atoms with Gasteiger partial charge in [0.1, 0.15) is 10.0 Å². The van der Waals surface area contributed by atoms with E-state index in [4.69, 9.17) is 11.6 Å². The third kappa shape index (κ3) is 4.13. The van der Waals surface area contributed by atoms with Crippen molar-refractivity contribution in [2.24, 2.45) is 0 Å². The first kappa shape index (κ1) is 17.7. The topological polar surface area (TPSA) is 91.9 Å². The minimum absolute atomic E-state index is 0.0639. The second-order valence-electron chi connectivity index (χ2n) is 5.02. The van der Waals surface area contributed by atoms with E-state index in [2.05, 4.69) is 14.9 Å². The molecule has 0 radical (unpaired) electrons. The maximum absolute atomic E-state index is 13.0. The number of hydrogen-bond donors (Lipinski definition) is 2. The lowest BCUT2D eigenvalue weighted by Crippen LogP contribution is -2.22. The average molecular weight is 400 g/mol. The molecule has 0 saturated heterocycles. The smallest absolute Gasteiger partial charge is 0.264 e. The van der Waals surface area contributed by atoms with Crippen LogP contribution in [-0.2, 0) is 16.6 Å². The van der Waals surface area contributed by atoms with Crippen LogP contribution < -0.4 is 10.3 Å². The van der Waals surface area contributed by atoms with Gasteiger partial charge in [-0.3, -0.25) is 4.79 Å². The van der Waals surface area contributed by atoms with Gasteiger partial charge in [-0.1, -0.05) is 17.7 Å². The van der Waals surface area contributed by atoms with E-state index >= 15 is 0 Å². The molecule has 0 saturated carbocycles. The highest BCUT2D eigenvalue weighted by atomic mass is 35.5. The van der Waals surface area contributed by atoms with Crippen molar-refractivity contribution in [3.05, 3.63) is 68.5 Å². The zero-order valence-corrected chi connectivity index (χ0v) is 14.9. The number of aromatic nitrogens is 2. The Hall–Kier alpha value is -2.07. The standard InChI is InChI=1S/C15H11ClFN3O3S2/c16-12-6-11(17)2-1-9(12)7-18-25(22,23)15-5-10(8-24-15)13-3-4-14(21)20-19-13/h1-6,8,18H,7H2,(H,20,21). The molecule has 3 rings (SSSR count). The third-order valence-corrected chi connectivity index (χ3v) is 6.48. The van der Waals surface area contributed by atoms with Crippen molar-refractivity contribution in [3.8, 4) is 11.3 Å². The number of H-pyrrole nitrogens is 1. The summed E-state index contributed by atoms with van der Waals surface area (Å²) in [6.45, 7) is -0.0639. The number of aromatic amines is 1. The van der Waals surface area contributed by atoms with Gasteiger partial charge < -0.3 is 0 Å². The number of sulfonamides is 1. The Morgan fingerprint density at radius 2 is 2.04 bits per heavy atom. The van der Waals surface area contributed by atoms with Gasteiger partial charge in [0.05, 0.1) is 5.69 Å². The van der Waals surface area contributed by atoms with Crippen LogP contribution in [0.15, 0.2) is 50.8 Å². The lowest BCUT2D eigenvalue weighted by molar-refractivity contribution is 0.583. The van der Waals surface area contributed by atoms with Crippen LogP contribution >= 0.6 is 22.9 Å². The van der Waals surface area contributed by atoms with Crippen molar-refractivity contribution in [2.45, 2.75) is 10.8 Å². The molecule has 0 fully saturated rings. The van der Waals surface area contributed by atoms with Crippen molar-refractivity contribution in [1.82, 2.24) is 14.9 Å². The highest BCUT2D eigenvalue weighted by Crippen LogP contribution is 2.27. The predicted octanol–water partition coefficient (Wildman–Crippen LogP) is 2.77. The Kier molecular flexibility index (Phi) is 5.00. The number of rotatable bonds is 5. The van der Waals surface area contributed by atoms with E-state index in [9.17, 15) is 17.6 Å². The molecular formula is C15H11ClFN3O3S2. The number of hydrogen-bond acceptors (Lipinski definition) is 5. The fourth-order valence-electron chi connectivity index (χ4n) is 2.01. The summed E-state index contributed by atoms with van der Waals surface area (Å²) < 4.78 is 40.3. The fourth-order valence-corrected chi connectivity index (χ4v) is 4.46. The van der Waals surface area contributed by atoms with Gasteiger partial charge in [0.25, 0.3) is 5.56 Å². The van der Waals surface area contributed by atoms with Crippen LogP contribution in [0.4, 0.5) is 4.39 Å². The van der Waals surface area contributed by atoms with E-state index in [1.165, 1.54) is 30.3 Å². The number of benzene rings is 1. The van der Waals surface area contributed by atoms with Crippen molar-refractivity contribution in [2.75, 3.05) is 0 Å². The van der Waals surface area contributed by atoms with Crippen LogP contribution in [-0.4, -0.2) is 18.6 Å². The summed E-state index contributed by atoms with van der Waals surface area (Å²) in [6, 6.07) is 8.02. The fraction of sp³-hybridized carbons (Fsp3) is 0.0667. The van der Waals surface area contributed by atoms with Gasteiger partial charge in [0.15, 0.2) is 0 Å². The summed E-state index contributed by atoms with van der Waals surface area (Å²) in [5, 5.41) is 7.92. The number of halogens is 2. The molecule has 130 valence electrons. The Morgan fingerprint density at radius 1 is 1.24 bits per heavy atom. The van der Waals surface area contributed by atoms with Gasteiger partial charge in [0.2, 0.25) is 10.0 Å².